The van der Waals surface area contributed by atoms with E-state index >= 15 is 0 Å². The van der Waals surface area contributed by atoms with Crippen LogP contribution < -0.4 is 33.9 Å². The molecule has 1 N–H and O–H groups in total. The highest BCUT2D eigenvalue weighted by molar-refractivity contribution is 5.96. The third-order valence-corrected chi connectivity index (χ3v) is 8.52. The zero-order valence-electron chi connectivity index (χ0n) is 26.6. The molecule has 7 rings (SSSR count). The Balaban J connectivity index is 1.02. The number of rotatable bonds is 10. The molecule has 47 heavy (non-hydrogen) atoms. The fourth-order valence-electron chi connectivity index (χ4n) is 6.16. The van der Waals surface area contributed by atoms with Gasteiger partial charge in [-0.1, -0.05) is 24.3 Å². The molecule has 0 aliphatic carbocycles. The lowest BCUT2D eigenvalue weighted by Gasteiger charge is -2.35. The molecule has 2 aromatic heterocycles. The summed E-state index contributed by atoms with van der Waals surface area (Å²) in [7, 11) is 4.62. The van der Waals surface area contributed by atoms with Crippen molar-refractivity contribution in [3.05, 3.63) is 84.1 Å². The highest BCUT2D eigenvalue weighted by atomic mass is 16.7. The maximum absolute atomic E-state index is 13.2. The van der Waals surface area contributed by atoms with E-state index in [1.807, 2.05) is 53.2 Å². The number of carbonyl (C=O) groups excluding carboxylic acids is 1. The van der Waals surface area contributed by atoms with Crippen LogP contribution >= 0.6 is 0 Å². The number of methoxy groups -OCH3 is 3. The summed E-state index contributed by atoms with van der Waals surface area (Å²) >= 11 is 0. The number of hydrogen-bond acceptors (Lipinski definition) is 10. The van der Waals surface area contributed by atoms with Crippen LogP contribution in [0, 0.1) is 0 Å². The first-order valence-electron chi connectivity index (χ1n) is 15.4. The maximum atomic E-state index is 13.2. The van der Waals surface area contributed by atoms with Gasteiger partial charge in [0.2, 0.25) is 18.4 Å². The van der Waals surface area contributed by atoms with Crippen molar-refractivity contribution < 1.29 is 28.5 Å². The van der Waals surface area contributed by atoms with E-state index in [9.17, 15) is 4.79 Å². The summed E-state index contributed by atoms with van der Waals surface area (Å²) < 4.78 is 29.2. The Labute approximate surface area is 272 Å². The average Bonchev–Trinajstić information content (AvgIpc) is 3.73. The molecule has 12 nitrogen and oxygen atoms in total. The summed E-state index contributed by atoms with van der Waals surface area (Å²) in [5.74, 6) is 4.36. The largest absolute Gasteiger partial charge is 0.493 e. The van der Waals surface area contributed by atoms with E-state index in [4.69, 9.17) is 23.7 Å². The van der Waals surface area contributed by atoms with Crippen molar-refractivity contribution in [2.75, 3.05) is 64.5 Å². The quantitative estimate of drug-likeness (QED) is 0.232. The van der Waals surface area contributed by atoms with Crippen molar-refractivity contribution in [1.29, 1.82) is 0 Å². The summed E-state index contributed by atoms with van der Waals surface area (Å²) in [6.45, 7) is 4.70. The molecule has 242 valence electrons. The zero-order valence-corrected chi connectivity index (χ0v) is 26.6. The molecule has 12 heteroatoms. The number of benzene rings is 3. The third-order valence-electron chi connectivity index (χ3n) is 8.52. The van der Waals surface area contributed by atoms with Crippen LogP contribution in [-0.4, -0.2) is 79.9 Å². The van der Waals surface area contributed by atoms with Gasteiger partial charge in [0.05, 0.1) is 33.3 Å². The summed E-state index contributed by atoms with van der Waals surface area (Å²) in [6, 6.07) is 21.5. The first-order valence-corrected chi connectivity index (χ1v) is 15.4. The van der Waals surface area contributed by atoms with Gasteiger partial charge in [0, 0.05) is 62.1 Å². The minimum atomic E-state index is -0.179. The standard InChI is InChI=1S/C35H36N6O6/c1-43-30-18-25(19-31(44-2)35(30)45-3)36-34(42)17-24-21-41(27-7-5-4-6-26(24)27)33-11-10-32(37-38-33)40-14-12-39(13-15-40)20-23-8-9-28-29(16-23)47-22-46-28/h4-11,16,18-19,21H,12-15,17,20,22H2,1-3H3,(H,36,42). The Morgan fingerprint density at radius 2 is 1.55 bits per heavy atom. The molecule has 3 aromatic carbocycles. The Hall–Kier alpha value is -5.49. The van der Waals surface area contributed by atoms with E-state index in [0.29, 0.717) is 28.8 Å². The fourth-order valence-corrected chi connectivity index (χ4v) is 6.16. The van der Waals surface area contributed by atoms with Gasteiger partial charge in [0.1, 0.15) is 0 Å². The van der Waals surface area contributed by atoms with E-state index in [1.54, 1.807) is 12.1 Å². The average molecular weight is 637 g/mol. The number of fused-ring (bicyclic) bond motifs is 2. The van der Waals surface area contributed by atoms with Gasteiger partial charge in [-0.05, 0) is 41.5 Å². The number of ether oxygens (including phenoxy) is 5. The van der Waals surface area contributed by atoms with Crippen LogP contribution in [0.5, 0.6) is 28.7 Å². The van der Waals surface area contributed by atoms with Gasteiger partial charge in [-0.25, -0.2) is 0 Å². The van der Waals surface area contributed by atoms with Crippen molar-refractivity contribution in [1.82, 2.24) is 19.7 Å². The monoisotopic (exact) mass is 636 g/mol. The number of para-hydroxylation sites is 1. The van der Waals surface area contributed by atoms with Crippen LogP contribution in [0.15, 0.2) is 72.9 Å². The first-order chi connectivity index (χ1) is 23.0. The molecule has 0 atom stereocenters. The van der Waals surface area contributed by atoms with Crippen LogP contribution in [0.4, 0.5) is 11.5 Å². The van der Waals surface area contributed by atoms with Crippen molar-refractivity contribution in [3.63, 3.8) is 0 Å². The molecule has 1 fully saturated rings. The van der Waals surface area contributed by atoms with E-state index in [-0.39, 0.29) is 19.1 Å². The summed E-state index contributed by atoms with van der Waals surface area (Å²) in [6.07, 6.45) is 2.12. The van der Waals surface area contributed by atoms with Gasteiger partial charge in [0.15, 0.2) is 34.6 Å². The lowest BCUT2D eigenvalue weighted by atomic mass is 10.1. The number of amides is 1. The minimum Gasteiger partial charge on any atom is -0.493 e. The predicted molar refractivity (Wildman–Crippen MR) is 177 cm³/mol. The molecule has 0 radical (unpaired) electrons. The summed E-state index contributed by atoms with van der Waals surface area (Å²) in [4.78, 5) is 17.9. The molecule has 1 amide bonds. The Morgan fingerprint density at radius 3 is 2.28 bits per heavy atom. The van der Waals surface area contributed by atoms with Crippen molar-refractivity contribution in [2.24, 2.45) is 0 Å². The van der Waals surface area contributed by atoms with Crippen molar-refractivity contribution in [2.45, 2.75) is 13.0 Å². The number of carbonyl (C=O) groups is 1. The molecule has 2 aliphatic heterocycles. The molecule has 0 bridgehead atoms. The Morgan fingerprint density at radius 1 is 0.830 bits per heavy atom. The van der Waals surface area contributed by atoms with Crippen LogP contribution in [0.3, 0.4) is 0 Å². The fraction of sp³-hybridized carbons (Fsp3) is 0.286. The van der Waals surface area contributed by atoms with Gasteiger partial charge < -0.3 is 33.9 Å². The van der Waals surface area contributed by atoms with Crippen LogP contribution in [-0.2, 0) is 17.8 Å². The molecule has 0 spiro atoms. The van der Waals surface area contributed by atoms with Gasteiger partial charge >= 0.3 is 0 Å². The maximum Gasteiger partial charge on any atom is 0.231 e. The van der Waals surface area contributed by atoms with Gasteiger partial charge in [-0.3, -0.25) is 14.3 Å². The van der Waals surface area contributed by atoms with Gasteiger partial charge in [0.25, 0.3) is 0 Å². The molecule has 5 aromatic rings. The number of nitrogens with one attached hydrogen (secondary N) is 1. The lowest BCUT2D eigenvalue weighted by molar-refractivity contribution is -0.115. The zero-order chi connectivity index (χ0) is 32.3. The Kier molecular flexibility index (Phi) is 8.40. The van der Waals surface area contributed by atoms with Gasteiger partial charge in [-0.15, -0.1) is 10.2 Å². The van der Waals surface area contributed by atoms with Crippen molar-refractivity contribution >= 4 is 28.3 Å². The second-order valence-corrected chi connectivity index (χ2v) is 11.4. The minimum absolute atomic E-state index is 0.159. The van der Waals surface area contributed by atoms with Crippen LogP contribution in [0.1, 0.15) is 11.1 Å². The lowest BCUT2D eigenvalue weighted by Crippen LogP contribution is -2.46. The molecular formula is C35H36N6O6. The van der Waals surface area contributed by atoms with Crippen LogP contribution in [0.25, 0.3) is 16.7 Å². The van der Waals surface area contributed by atoms with E-state index in [1.165, 1.54) is 26.9 Å². The highest BCUT2D eigenvalue weighted by Crippen LogP contribution is 2.40. The topological polar surface area (TPSA) is 112 Å². The molecule has 1 saturated heterocycles. The van der Waals surface area contributed by atoms with E-state index in [0.717, 1.165) is 66.5 Å². The number of aromatic nitrogens is 3. The third kappa shape index (κ3) is 6.19. The summed E-state index contributed by atoms with van der Waals surface area (Å²) in [5.41, 5.74) is 3.57. The second kappa shape index (κ2) is 13.1. The smallest absolute Gasteiger partial charge is 0.231 e. The number of nitrogens with zero attached hydrogens (tertiary/aromatic N) is 5. The number of piperazine rings is 1. The molecule has 2 aliphatic rings. The van der Waals surface area contributed by atoms with Gasteiger partial charge in [-0.2, -0.15) is 0 Å². The van der Waals surface area contributed by atoms with E-state index < -0.39 is 0 Å². The number of anilines is 2. The molecular weight excluding hydrogens is 600 g/mol. The highest BCUT2D eigenvalue weighted by Gasteiger charge is 2.21. The predicted octanol–water partition coefficient (Wildman–Crippen LogP) is 4.68. The first kappa shape index (κ1) is 30.2. The summed E-state index contributed by atoms with van der Waals surface area (Å²) in [5, 5.41) is 13.1. The number of hydrogen-bond donors (Lipinski definition) is 1. The Bertz CT molecular complexity index is 1880. The van der Waals surface area contributed by atoms with Crippen LogP contribution in [0.2, 0.25) is 0 Å². The normalized spacial score (nSPS) is 14.3. The SMILES string of the molecule is COc1cc(NC(=O)Cc2cn(-c3ccc(N4CCN(Cc5ccc6c(c5)OCO6)CC4)nn3)c3ccccc23)cc(OC)c1OC. The van der Waals surface area contributed by atoms with E-state index in [2.05, 4.69) is 37.4 Å². The second-order valence-electron chi connectivity index (χ2n) is 11.4. The van der Waals surface area contributed by atoms with Crippen molar-refractivity contribution in [3.8, 4) is 34.6 Å². The molecule has 0 unspecified atom stereocenters. The molecule has 4 heterocycles. The molecule has 0 saturated carbocycles.